The van der Waals surface area contributed by atoms with Crippen molar-refractivity contribution in [3.63, 3.8) is 0 Å². The van der Waals surface area contributed by atoms with Crippen LogP contribution in [0.3, 0.4) is 0 Å². The lowest BCUT2D eigenvalue weighted by Crippen LogP contribution is -2.30. The Hall–Kier alpha value is -1.96. The maximum atomic E-state index is 12.8. The Bertz CT molecular complexity index is 931. The number of amides is 1. The van der Waals surface area contributed by atoms with Crippen molar-refractivity contribution in [2.24, 2.45) is 5.92 Å². The lowest BCUT2D eigenvalue weighted by atomic mass is 10.0. The van der Waals surface area contributed by atoms with Crippen LogP contribution in [0.25, 0.3) is 11.0 Å². The molecule has 1 amide bonds. The predicted molar refractivity (Wildman–Crippen MR) is 101 cm³/mol. The molecule has 26 heavy (non-hydrogen) atoms. The molecule has 1 saturated heterocycles. The van der Waals surface area contributed by atoms with Gasteiger partial charge in [0.2, 0.25) is 0 Å². The highest BCUT2D eigenvalue weighted by atomic mass is 32.2. The van der Waals surface area contributed by atoms with Gasteiger partial charge in [-0.25, -0.2) is 18.1 Å². The molecule has 2 aromatic rings. The van der Waals surface area contributed by atoms with E-state index >= 15 is 0 Å². The number of rotatable bonds is 5. The molecule has 0 aromatic carbocycles. The zero-order valence-corrected chi connectivity index (χ0v) is 16.5. The third-order valence-corrected chi connectivity index (χ3v) is 6.63. The van der Waals surface area contributed by atoms with Gasteiger partial charge in [-0.15, -0.1) is 0 Å². The number of carbonyl (C=O) groups is 1. The predicted octanol–water partition coefficient (Wildman–Crippen LogP) is 2.30. The topological polar surface area (TPSA) is 94.0 Å². The van der Waals surface area contributed by atoms with Gasteiger partial charge in [0.05, 0.1) is 28.7 Å². The summed E-state index contributed by atoms with van der Waals surface area (Å²) in [5, 5.41) is 8.02. The van der Waals surface area contributed by atoms with Crippen LogP contribution in [-0.2, 0) is 9.84 Å². The van der Waals surface area contributed by atoms with Crippen molar-refractivity contribution in [2.45, 2.75) is 46.1 Å². The number of carbonyl (C=O) groups excluding carboxylic acids is 1. The Labute approximate surface area is 154 Å². The highest BCUT2D eigenvalue weighted by Gasteiger charge is 2.28. The highest BCUT2D eigenvalue weighted by Crippen LogP contribution is 2.24. The van der Waals surface area contributed by atoms with Crippen molar-refractivity contribution in [3.05, 3.63) is 23.5 Å². The average molecular weight is 378 g/mol. The normalized spacial score (nSPS) is 19.5. The van der Waals surface area contributed by atoms with Crippen molar-refractivity contribution in [3.8, 4) is 0 Å². The van der Waals surface area contributed by atoms with Crippen LogP contribution in [0.2, 0.25) is 0 Å². The van der Waals surface area contributed by atoms with Crippen LogP contribution in [0.15, 0.2) is 12.3 Å². The Morgan fingerprint density at radius 1 is 1.35 bits per heavy atom. The molecule has 1 aliphatic rings. The maximum absolute atomic E-state index is 12.8. The molecule has 3 rings (SSSR count). The molecule has 1 N–H and O–H groups in total. The summed E-state index contributed by atoms with van der Waals surface area (Å²) in [7, 11) is -2.94. The van der Waals surface area contributed by atoms with E-state index in [1.165, 1.54) is 0 Å². The first kappa shape index (κ1) is 18.8. The van der Waals surface area contributed by atoms with Crippen molar-refractivity contribution in [1.82, 2.24) is 20.1 Å². The summed E-state index contributed by atoms with van der Waals surface area (Å²) < 4.78 is 25.0. The Morgan fingerprint density at radius 3 is 2.65 bits per heavy atom. The van der Waals surface area contributed by atoms with Gasteiger partial charge in [0.25, 0.3) is 5.91 Å². The fourth-order valence-corrected chi connectivity index (χ4v) is 5.13. The van der Waals surface area contributed by atoms with Gasteiger partial charge in [-0.1, -0.05) is 13.8 Å². The summed E-state index contributed by atoms with van der Waals surface area (Å²) >= 11 is 0. The van der Waals surface area contributed by atoms with Crippen molar-refractivity contribution in [2.75, 3.05) is 18.1 Å². The standard InChI is InChI=1S/C18H26N4O3S/c1-11(2)16-7-14(15-9-20-22(12(3)4)17(15)21-16)18(23)19-8-13-5-6-26(24,25)10-13/h7,9,11-13H,5-6,8,10H2,1-4H3,(H,19,23). The number of pyridine rings is 1. The molecule has 0 spiro atoms. The number of hydrogen-bond donors (Lipinski definition) is 1. The first-order chi connectivity index (χ1) is 12.2. The molecule has 1 fully saturated rings. The van der Waals surface area contributed by atoms with E-state index in [-0.39, 0.29) is 35.3 Å². The van der Waals surface area contributed by atoms with Crippen molar-refractivity contribution >= 4 is 26.8 Å². The fourth-order valence-electron chi connectivity index (χ4n) is 3.26. The summed E-state index contributed by atoms with van der Waals surface area (Å²) in [6.07, 6.45) is 2.29. The molecule has 0 saturated carbocycles. The Balaban J connectivity index is 1.89. The van der Waals surface area contributed by atoms with E-state index in [4.69, 9.17) is 4.98 Å². The summed E-state index contributed by atoms with van der Waals surface area (Å²) in [6.45, 7) is 8.49. The molecule has 0 radical (unpaired) electrons. The summed E-state index contributed by atoms with van der Waals surface area (Å²) in [5.74, 6) is 0.338. The van der Waals surface area contributed by atoms with Crippen LogP contribution >= 0.6 is 0 Å². The average Bonchev–Trinajstić information content (AvgIpc) is 3.14. The zero-order chi connectivity index (χ0) is 19.1. The van der Waals surface area contributed by atoms with Crippen LogP contribution in [0.4, 0.5) is 0 Å². The minimum absolute atomic E-state index is 0.00997. The van der Waals surface area contributed by atoms with Gasteiger partial charge in [0, 0.05) is 18.3 Å². The van der Waals surface area contributed by atoms with Crippen LogP contribution in [-0.4, -0.2) is 47.1 Å². The second kappa shape index (κ2) is 6.98. The molecule has 1 unspecified atom stereocenters. The van der Waals surface area contributed by atoms with Crippen LogP contribution in [0.1, 0.15) is 62.1 Å². The molecule has 2 aromatic heterocycles. The Morgan fingerprint density at radius 2 is 2.08 bits per heavy atom. The first-order valence-electron chi connectivity index (χ1n) is 9.04. The van der Waals surface area contributed by atoms with Gasteiger partial charge in [-0.05, 0) is 38.2 Å². The molecule has 1 aliphatic heterocycles. The summed E-state index contributed by atoms with van der Waals surface area (Å²) in [5.41, 5.74) is 2.10. The summed E-state index contributed by atoms with van der Waals surface area (Å²) in [6, 6.07) is 1.96. The smallest absolute Gasteiger partial charge is 0.252 e. The van der Waals surface area contributed by atoms with Crippen LogP contribution < -0.4 is 5.32 Å². The second-order valence-electron chi connectivity index (χ2n) is 7.65. The summed E-state index contributed by atoms with van der Waals surface area (Å²) in [4.78, 5) is 17.5. The first-order valence-corrected chi connectivity index (χ1v) is 10.9. The van der Waals surface area contributed by atoms with Crippen molar-refractivity contribution < 1.29 is 13.2 Å². The monoisotopic (exact) mass is 378 g/mol. The van der Waals surface area contributed by atoms with Crippen LogP contribution in [0, 0.1) is 5.92 Å². The van der Waals surface area contributed by atoms with Gasteiger partial charge in [0.15, 0.2) is 15.5 Å². The number of hydrogen-bond acceptors (Lipinski definition) is 5. The van der Waals surface area contributed by atoms with E-state index in [2.05, 4.69) is 10.4 Å². The molecular formula is C18H26N4O3S. The van der Waals surface area contributed by atoms with Gasteiger partial charge in [-0.2, -0.15) is 5.10 Å². The molecular weight excluding hydrogens is 352 g/mol. The number of fused-ring (bicyclic) bond motifs is 1. The number of nitrogens with zero attached hydrogens (tertiary/aromatic N) is 3. The molecule has 1 atom stereocenters. The molecule has 7 nitrogen and oxygen atoms in total. The number of sulfone groups is 1. The van der Waals surface area contributed by atoms with E-state index in [9.17, 15) is 13.2 Å². The third kappa shape index (κ3) is 3.75. The van der Waals surface area contributed by atoms with Gasteiger partial charge in [0.1, 0.15) is 0 Å². The van der Waals surface area contributed by atoms with Crippen molar-refractivity contribution in [1.29, 1.82) is 0 Å². The molecule has 142 valence electrons. The van der Waals surface area contributed by atoms with E-state index in [1.807, 2.05) is 38.4 Å². The lowest BCUT2D eigenvalue weighted by molar-refractivity contribution is 0.0950. The minimum atomic E-state index is -2.94. The lowest BCUT2D eigenvalue weighted by Gasteiger charge is -2.13. The Kier molecular flexibility index (Phi) is 5.05. The number of nitrogens with one attached hydrogen (secondary N) is 1. The fraction of sp³-hybridized carbons (Fsp3) is 0.611. The molecule has 8 heteroatoms. The second-order valence-corrected chi connectivity index (χ2v) is 9.88. The maximum Gasteiger partial charge on any atom is 0.252 e. The quantitative estimate of drug-likeness (QED) is 0.861. The van der Waals surface area contributed by atoms with E-state index in [0.717, 1.165) is 11.1 Å². The van der Waals surface area contributed by atoms with E-state index in [0.29, 0.717) is 24.2 Å². The van der Waals surface area contributed by atoms with Gasteiger partial charge < -0.3 is 5.32 Å². The molecule has 3 heterocycles. The zero-order valence-electron chi connectivity index (χ0n) is 15.7. The minimum Gasteiger partial charge on any atom is -0.352 e. The third-order valence-electron chi connectivity index (χ3n) is 4.79. The molecule has 0 aliphatic carbocycles. The van der Waals surface area contributed by atoms with Crippen LogP contribution in [0.5, 0.6) is 0 Å². The van der Waals surface area contributed by atoms with Gasteiger partial charge >= 0.3 is 0 Å². The van der Waals surface area contributed by atoms with E-state index < -0.39 is 9.84 Å². The molecule has 0 bridgehead atoms. The largest absolute Gasteiger partial charge is 0.352 e. The SMILES string of the molecule is CC(C)c1cc(C(=O)NCC2CCS(=O)(=O)C2)c2cnn(C(C)C)c2n1. The van der Waals surface area contributed by atoms with E-state index in [1.54, 1.807) is 6.20 Å². The highest BCUT2D eigenvalue weighted by molar-refractivity contribution is 7.91. The van der Waals surface area contributed by atoms with Gasteiger partial charge in [-0.3, -0.25) is 4.79 Å². The number of aromatic nitrogens is 3.